The van der Waals surface area contributed by atoms with Crippen LogP contribution in [0.3, 0.4) is 0 Å². The normalized spacial score (nSPS) is 45.8. The first kappa shape index (κ1) is 49.8. The van der Waals surface area contributed by atoms with Gasteiger partial charge in [0.25, 0.3) is 0 Å². The lowest BCUT2D eigenvalue weighted by Crippen LogP contribution is -2.65. The number of rotatable bonds is 11. The van der Waals surface area contributed by atoms with Crippen LogP contribution < -0.4 is 0 Å². The van der Waals surface area contributed by atoms with Gasteiger partial charge in [-0.05, 0) is 93.9 Å². The first-order valence-corrected chi connectivity index (χ1v) is 21.3. The zero-order chi connectivity index (χ0) is 43.8. The fourth-order valence-electron chi connectivity index (χ4n) is 9.10. The van der Waals surface area contributed by atoms with Crippen molar-refractivity contribution in [2.75, 3.05) is 35.3 Å². The summed E-state index contributed by atoms with van der Waals surface area (Å²) in [4.78, 5) is 29.5. The second-order valence-electron chi connectivity index (χ2n) is 17.8. The Morgan fingerprint density at radius 3 is 2.17 bits per heavy atom. The third-order valence-corrected chi connectivity index (χ3v) is 12.4. The van der Waals surface area contributed by atoms with Crippen LogP contribution in [0.2, 0.25) is 0 Å². The third-order valence-electron chi connectivity index (χ3n) is 12.4. The molecule has 16 nitrogen and oxygen atoms in total. The molecule has 340 valence electrons. The van der Waals surface area contributed by atoms with E-state index in [0.717, 1.165) is 12.7 Å². The smallest absolute Gasteiger partial charge is 0.308 e. The number of ether oxygens (including phenoxy) is 8. The largest absolute Gasteiger partial charge is 0.462 e. The van der Waals surface area contributed by atoms with Crippen LogP contribution in [-0.2, 0) is 47.5 Å². The van der Waals surface area contributed by atoms with Crippen LogP contribution in [0.15, 0.2) is 24.3 Å². The van der Waals surface area contributed by atoms with E-state index in [1.54, 1.807) is 39.8 Å². The average molecular weight is 843 g/mol. The Morgan fingerprint density at radius 2 is 1.56 bits per heavy atom. The highest BCUT2D eigenvalue weighted by molar-refractivity contribution is 5.70. The zero-order valence-corrected chi connectivity index (χ0v) is 37.0. The summed E-state index contributed by atoms with van der Waals surface area (Å²) in [6.45, 7) is 10.8. The van der Waals surface area contributed by atoms with E-state index in [1.807, 2.05) is 52.2 Å². The van der Waals surface area contributed by atoms with Gasteiger partial charge in [0, 0.05) is 32.4 Å². The molecule has 3 fully saturated rings. The number of carbonyl (C=O) groups is 2. The molecule has 4 aliphatic rings. The van der Waals surface area contributed by atoms with Gasteiger partial charge in [0.1, 0.15) is 36.8 Å². The molecule has 0 aromatic rings. The minimum Gasteiger partial charge on any atom is -0.462 e. The highest BCUT2D eigenvalue weighted by atomic mass is 16.7. The number of methoxy groups -OCH3 is 1. The van der Waals surface area contributed by atoms with Gasteiger partial charge in [-0.2, -0.15) is 0 Å². The maximum absolute atomic E-state index is 13.1. The molecule has 4 rings (SSSR count). The first-order valence-electron chi connectivity index (χ1n) is 21.3. The standard InChI is InChI=1S/C43H74N2O14/c1-24-21-29(19-20-46)39(59-42-37(49)36(45(9)10)38(27(4)56-42)58-35-23-43(6,51)41(50)28(5)55-35)40(52-11)31(47)22-33(48)53-25(2)15-13-12-14-16-32(24)57-34-18-17-30(44(7)8)26(3)54-34/h12-14,16,20,24-32,34-42,47,49-51H,15,17-19,21-23H2,1-11H3/b13-12+,16-14-/t24-,25-,26-,27-,28+,29-,30+,31-,32-,34+,35+,36-,37-,38-,39+,40+,41+,42+,43+/m1/s1. The molecule has 0 radical (unpaired) electrons. The Hall–Kier alpha value is -1.90. The van der Waals surface area contributed by atoms with Crippen LogP contribution in [0.1, 0.15) is 86.5 Å². The molecule has 19 atom stereocenters. The quantitative estimate of drug-likeness (QED) is 0.175. The Kier molecular flexibility index (Phi) is 18.9. The number of nitrogens with zero attached hydrogens (tertiary/aromatic N) is 2. The number of cyclic esters (lactones) is 1. The Labute approximate surface area is 351 Å². The molecule has 0 aromatic carbocycles. The van der Waals surface area contributed by atoms with E-state index in [-0.39, 0.29) is 30.9 Å². The fourth-order valence-corrected chi connectivity index (χ4v) is 9.10. The van der Waals surface area contributed by atoms with Crippen LogP contribution >= 0.6 is 0 Å². The summed E-state index contributed by atoms with van der Waals surface area (Å²) in [6.07, 6.45) is -1.56. The maximum Gasteiger partial charge on any atom is 0.308 e. The van der Waals surface area contributed by atoms with Crippen molar-refractivity contribution in [1.82, 2.24) is 9.80 Å². The summed E-state index contributed by atoms with van der Waals surface area (Å²) >= 11 is 0. The van der Waals surface area contributed by atoms with Crippen molar-refractivity contribution in [3.05, 3.63) is 24.3 Å². The fraction of sp³-hybridized carbons (Fsp3) is 0.860. The maximum atomic E-state index is 13.1. The van der Waals surface area contributed by atoms with Crippen LogP contribution in [0, 0.1) is 11.8 Å². The Morgan fingerprint density at radius 1 is 0.864 bits per heavy atom. The monoisotopic (exact) mass is 843 g/mol. The molecular weight excluding hydrogens is 768 g/mol. The first-order chi connectivity index (χ1) is 27.8. The van der Waals surface area contributed by atoms with Gasteiger partial charge in [0.05, 0.1) is 54.7 Å². The van der Waals surface area contributed by atoms with Gasteiger partial charge in [-0.3, -0.25) is 4.79 Å². The van der Waals surface area contributed by atoms with Crippen molar-refractivity contribution in [2.45, 2.75) is 190 Å². The SMILES string of the molecule is CO[C@@H]1[C@@H](O[C@@H]2O[C@H](C)[C@@H](O[C@H]3C[C@](C)(O)[C@@H](O)[C@H](C)O3)[C@H](N(C)C)[C@H]2O)[C@H](CC=O)C[C@@H](C)[C@H](O[C@H]2CC[C@H](N(C)C)[C@@H](C)O2)/C=C\C=C\C[C@@H](C)OC(=O)C[C@H]1O. The predicted octanol–water partition coefficient (Wildman–Crippen LogP) is 2.33. The second kappa shape index (κ2) is 22.5. The van der Waals surface area contributed by atoms with Crippen molar-refractivity contribution in [2.24, 2.45) is 11.8 Å². The van der Waals surface area contributed by atoms with E-state index in [1.165, 1.54) is 14.0 Å². The van der Waals surface area contributed by atoms with Gasteiger partial charge in [-0.25, -0.2) is 0 Å². The molecule has 4 aliphatic heterocycles. The van der Waals surface area contributed by atoms with Gasteiger partial charge in [-0.15, -0.1) is 0 Å². The highest BCUT2D eigenvalue weighted by Crippen LogP contribution is 2.37. The Bertz CT molecular complexity index is 1370. The summed E-state index contributed by atoms with van der Waals surface area (Å²) in [7, 11) is 9.03. The van der Waals surface area contributed by atoms with Gasteiger partial charge in [0.15, 0.2) is 18.9 Å². The van der Waals surface area contributed by atoms with Gasteiger partial charge in [-0.1, -0.05) is 31.2 Å². The molecule has 0 bridgehead atoms. The minimum atomic E-state index is -1.47. The van der Waals surface area contributed by atoms with Crippen molar-refractivity contribution in [3.63, 3.8) is 0 Å². The molecular formula is C43H74N2O14. The molecule has 0 aromatic heterocycles. The Balaban J connectivity index is 1.66. The van der Waals surface area contributed by atoms with Gasteiger partial charge in [0.2, 0.25) is 0 Å². The lowest BCUT2D eigenvalue weighted by Gasteiger charge is -2.50. The highest BCUT2D eigenvalue weighted by Gasteiger charge is 2.52. The molecule has 0 saturated carbocycles. The van der Waals surface area contributed by atoms with E-state index >= 15 is 0 Å². The molecule has 16 heteroatoms. The summed E-state index contributed by atoms with van der Waals surface area (Å²) < 4.78 is 50.0. The molecule has 0 spiro atoms. The lowest BCUT2D eigenvalue weighted by molar-refractivity contribution is -0.344. The number of aldehydes is 1. The van der Waals surface area contributed by atoms with Crippen molar-refractivity contribution < 1.29 is 67.9 Å². The molecule has 4 N–H and O–H groups in total. The van der Waals surface area contributed by atoms with E-state index in [9.17, 15) is 30.0 Å². The summed E-state index contributed by atoms with van der Waals surface area (Å²) in [6, 6.07) is -0.466. The van der Waals surface area contributed by atoms with Crippen LogP contribution in [0.4, 0.5) is 0 Å². The summed E-state index contributed by atoms with van der Waals surface area (Å²) in [5.41, 5.74) is -1.47. The summed E-state index contributed by atoms with van der Waals surface area (Å²) in [5.74, 6) is -1.47. The lowest BCUT2D eigenvalue weighted by atomic mass is 9.82. The molecule has 0 amide bonds. The van der Waals surface area contributed by atoms with Crippen LogP contribution in [0.25, 0.3) is 0 Å². The van der Waals surface area contributed by atoms with Gasteiger partial charge >= 0.3 is 5.97 Å². The second-order valence-corrected chi connectivity index (χ2v) is 17.8. The molecule has 59 heavy (non-hydrogen) atoms. The third kappa shape index (κ3) is 13.3. The van der Waals surface area contributed by atoms with Crippen LogP contribution in [-0.4, -0.2) is 181 Å². The van der Waals surface area contributed by atoms with E-state index < -0.39 is 110 Å². The number of aliphatic hydroxyl groups excluding tert-OH is 3. The zero-order valence-electron chi connectivity index (χ0n) is 37.0. The van der Waals surface area contributed by atoms with Crippen molar-refractivity contribution in [1.29, 1.82) is 0 Å². The molecule has 0 aliphatic carbocycles. The van der Waals surface area contributed by atoms with E-state index in [0.29, 0.717) is 19.3 Å². The number of esters is 1. The predicted molar refractivity (Wildman–Crippen MR) is 217 cm³/mol. The number of aliphatic hydroxyl groups is 4. The molecule has 3 saturated heterocycles. The molecule has 0 unspecified atom stereocenters. The number of likely N-dealkylation sites (N-methyl/N-ethyl adjacent to an activating group) is 2. The number of hydrogen-bond donors (Lipinski definition) is 4. The van der Waals surface area contributed by atoms with E-state index in [2.05, 4.69) is 4.90 Å². The number of carbonyl (C=O) groups excluding carboxylic acids is 2. The number of allylic oxidation sites excluding steroid dienone is 2. The topological polar surface area (TPSA) is 195 Å². The van der Waals surface area contributed by atoms with E-state index in [4.69, 9.17) is 37.9 Å². The van der Waals surface area contributed by atoms with Gasteiger partial charge < -0.3 is 72.9 Å². The molecule has 4 heterocycles. The van der Waals surface area contributed by atoms with Crippen molar-refractivity contribution in [3.8, 4) is 0 Å². The average Bonchev–Trinajstić information content (AvgIpc) is 3.13. The summed E-state index contributed by atoms with van der Waals surface area (Å²) in [5, 5.41) is 45.1. The minimum absolute atomic E-state index is 0.00885. The number of hydrogen-bond acceptors (Lipinski definition) is 16. The van der Waals surface area contributed by atoms with Crippen molar-refractivity contribution >= 4 is 12.3 Å². The van der Waals surface area contributed by atoms with Crippen LogP contribution in [0.5, 0.6) is 0 Å².